The van der Waals surface area contributed by atoms with E-state index in [0.717, 1.165) is 5.56 Å². The molecule has 0 bridgehead atoms. The molecule has 0 unspecified atom stereocenters. The van der Waals surface area contributed by atoms with Crippen LogP contribution in [0.1, 0.15) is 12.0 Å². The van der Waals surface area contributed by atoms with E-state index in [1.54, 1.807) is 24.3 Å². The molecule has 0 saturated carbocycles. The molecule has 1 saturated heterocycles. The van der Waals surface area contributed by atoms with Crippen molar-refractivity contribution >= 4 is 35.4 Å². The zero-order valence-electron chi connectivity index (χ0n) is 14.7. The minimum atomic E-state index is -3.74. The third-order valence-corrected chi connectivity index (χ3v) is 8.81. The molecular formula is C19H21NO4SSe. The molecule has 2 atom stereocenters. The van der Waals surface area contributed by atoms with E-state index >= 15 is 0 Å². The number of hydrogen-bond acceptors (Lipinski definition) is 4. The molecule has 1 aliphatic rings. The molecule has 0 aliphatic carbocycles. The Balaban J connectivity index is 1.87. The number of esters is 1. The first kappa shape index (κ1) is 19.1. The summed E-state index contributed by atoms with van der Waals surface area (Å²) in [6, 6.07) is 16.0. The molecule has 0 N–H and O–H groups in total. The fourth-order valence-corrected chi connectivity index (χ4v) is 7.40. The van der Waals surface area contributed by atoms with Gasteiger partial charge in [0.2, 0.25) is 0 Å². The van der Waals surface area contributed by atoms with Gasteiger partial charge in [-0.15, -0.1) is 0 Å². The van der Waals surface area contributed by atoms with E-state index in [2.05, 4.69) is 0 Å². The fraction of sp³-hybridized carbons (Fsp3) is 0.316. The molecule has 1 fully saturated rings. The van der Waals surface area contributed by atoms with Crippen molar-refractivity contribution in [1.82, 2.24) is 4.31 Å². The standard InChI is InChI=1S/C19H21NO4SSe/c1-14-8-10-15(11-9-14)25(22,23)20-13-17(12-18(20)19(21)24-2)26-16-6-4-3-5-7-16/h3-11,17-18H,12-13H2,1-2H3/t17-,18-/m0/s1. The first-order valence-corrected chi connectivity index (χ1v) is 11.6. The Kier molecular flexibility index (Phi) is 5.82. The summed E-state index contributed by atoms with van der Waals surface area (Å²) in [7, 11) is -2.44. The Bertz CT molecular complexity index is 868. The van der Waals surface area contributed by atoms with E-state index in [-0.39, 0.29) is 24.7 Å². The molecule has 2 aromatic rings. The maximum absolute atomic E-state index is 13.1. The van der Waals surface area contributed by atoms with Crippen LogP contribution in [0.5, 0.6) is 0 Å². The van der Waals surface area contributed by atoms with Crippen molar-refractivity contribution in [3.05, 3.63) is 60.2 Å². The van der Waals surface area contributed by atoms with E-state index in [4.69, 9.17) is 4.74 Å². The van der Waals surface area contributed by atoms with Crippen LogP contribution in [0, 0.1) is 6.92 Å². The number of nitrogens with zero attached hydrogens (tertiary/aromatic N) is 1. The first-order chi connectivity index (χ1) is 12.4. The van der Waals surface area contributed by atoms with E-state index in [1.807, 2.05) is 37.3 Å². The van der Waals surface area contributed by atoms with Crippen LogP contribution in [0.4, 0.5) is 0 Å². The average Bonchev–Trinajstić information content (AvgIpc) is 3.07. The predicted octanol–water partition coefficient (Wildman–Crippen LogP) is 1.75. The van der Waals surface area contributed by atoms with Crippen LogP contribution in [-0.2, 0) is 19.6 Å². The van der Waals surface area contributed by atoms with Crippen molar-refractivity contribution in [2.75, 3.05) is 13.7 Å². The molecule has 7 heteroatoms. The zero-order chi connectivity index (χ0) is 18.7. The Hall–Kier alpha value is -1.66. The average molecular weight is 438 g/mol. The summed E-state index contributed by atoms with van der Waals surface area (Å²) in [6.45, 7) is 2.24. The molecule has 3 rings (SSSR count). The number of sulfonamides is 1. The second-order valence-corrected chi connectivity index (χ2v) is 11.0. The van der Waals surface area contributed by atoms with E-state index in [9.17, 15) is 13.2 Å². The van der Waals surface area contributed by atoms with Crippen molar-refractivity contribution in [2.24, 2.45) is 0 Å². The van der Waals surface area contributed by atoms with Crippen LogP contribution in [0.2, 0.25) is 4.82 Å². The predicted molar refractivity (Wildman–Crippen MR) is 101 cm³/mol. The summed E-state index contributed by atoms with van der Waals surface area (Å²) < 4.78 is 33.6. The summed E-state index contributed by atoms with van der Waals surface area (Å²) in [5.41, 5.74) is 0.986. The van der Waals surface area contributed by atoms with Gasteiger partial charge in [0, 0.05) is 0 Å². The summed E-state index contributed by atoms with van der Waals surface area (Å²) >= 11 is 0.0884. The second kappa shape index (κ2) is 7.92. The van der Waals surface area contributed by atoms with Crippen molar-refractivity contribution in [3.63, 3.8) is 0 Å². The minimum absolute atomic E-state index is 0.0884. The summed E-state index contributed by atoms with van der Waals surface area (Å²) in [6.07, 6.45) is 0.493. The molecule has 5 nitrogen and oxygen atoms in total. The number of carbonyl (C=O) groups excluding carboxylic acids is 1. The van der Waals surface area contributed by atoms with Crippen LogP contribution < -0.4 is 4.46 Å². The van der Waals surface area contributed by atoms with Gasteiger partial charge in [0.05, 0.1) is 0 Å². The molecule has 1 aliphatic heterocycles. The Morgan fingerprint density at radius 3 is 2.38 bits per heavy atom. The number of hydrogen-bond donors (Lipinski definition) is 0. The van der Waals surface area contributed by atoms with Gasteiger partial charge in [-0.2, -0.15) is 0 Å². The molecule has 0 amide bonds. The van der Waals surface area contributed by atoms with Crippen molar-refractivity contribution in [1.29, 1.82) is 0 Å². The number of benzene rings is 2. The number of carbonyl (C=O) groups is 1. The molecule has 1 heterocycles. The van der Waals surface area contributed by atoms with Crippen LogP contribution >= 0.6 is 0 Å². The van der Waals surface area contributed by atoms with Crippen LogP contribution in [0.25, 0.3) is 0 Å². The fourth-order valence-electron chi connectivity index (χ4n) is 3.01. The molecule has 2 aromatic carbocycles. The summed E-state index contributed by atoms with van der Waals surface area (Å²) in [5, 5.41) is 0. The van der Waals surface area contributed by atoms with Gasteiger partial charge in [-0.1, -0.05) is 0 Å². The normalized spacial score (nSPS) is 20.8. The van der Waals surface area contributed by atoms with Crippen LogP contribution in [-0.4, -0.2) is 53.3 Å². The third kappa shape index (κ3) is 4.01. The number of aryl methyl sites for hydroxylation is 1. The van der Waals surface area contributed by atoms with Gasteiger partial charge in [0.25, 0.3) is 0 Å². The summed E-state index contributed by atoms with van der Waals surface area (Å²) in [4.78, 5) is 12.6. The molecule has 0 radical (unpaired) electrons. The number of methoxy groups -OCH3 is 1. The SMILES string of the molecule is COC(=O)[C@@H]1C[C@H]([Se]c2ccccc2)CN1S(=O)(=O)c1ccc(C)cc1. The van der Waals surface area contributed by atoms with E-state index < -0.39 is 22.0 Å². The molecule has 26 heavy (non-hydrogen) atoms. The second-order valence-electron chi connectivity index (χ2n) is 6.22. The van der Waals surface area contributed by atoms with Gasteiger partial charge in [-0.3, -0.25) is 0 Å². The maximum atomic E-state index is 13.1. The van der Waals surface area contributed by atoms with Crippen molar-refractivity contribution < 1.29 is 17.9 Å². The number of rotatable bonds is 5. The quantitative estimate of drug-likeness (QED) is 0.527. The van der Waals surface area contributed by atoms with E-state index in [1.165, 1.54) is 15.9 Å². The molecular weight excluding hydrogens is 417 g/mol. The molecule has 138 valence electrons. The Labute approximate surface area is 160 Å². The monoisotopic (exact) mass is 439 g/mol. The van der Waals surface area contributed by atoms with Gasteiger partial charge in [0.15, 0.2) is 0 Å². The zero-order valence-corrected chi connectivity index (χ0v) is 17.2. The molecule has 0 spiro atoms. The first-order valence-electron chi connectivity index (χ1n) is 8.30. The number of ether oxygens (including phenoxy) is 1. The topological polar surface area (TPSA) is 63.7 Å². The van der Waals surface area contributed by atoms with Crippen molar-refractivity contribution in [3.8, 4) is 0 Å². The van der Waals surface area contributed by atoms with Gasteiger partial charge in [-0.05, 0) is 0 Å². The molecule has 0 aromatic heterocycles. The van der Waals surface area contributed by atoms with E-state index in [0.29, 0.717) is 13.0 Å². The van der Waals surface area contributed by atoms with Gasteiger partial charge < -0.3 is 0 Å². The Morgan fingerprint density at radius 2 is 1.77 bits per heavy atom. The summed E-state index contributed by atoms with van der Waals surface area (Å²) in [5.74, 6) is -0.493. The Morgan fingerprint density at radius 1 is 1.12 bits per heavy atom. The van der Waals surface area contributed by atoms with Gasteiger partial charge in [-0.25, -0.2) is 0 Å². The van der Waals surface area contributed by atoms with Gasteiger partial charge >= 0.3 is 161 Å². The van der Waals surface area contributed by atoms with Crippen LogP contribution in [0.3, 0.4) is 0 Å². The van der Waals surface area contributed by atoms with Crippen LogP contribution in [0.15, 0.2) is 59.5 Å². The van der Waals surface area contributed by atoms with Crippen molar-refractivity contribution in [2.45, 2.75) is 29.1 Å². The third-order valence-electron chi connectivity index (χ3n) is 4.36. The van der Waals surface area contributed by atoms with Gasteiger partial charge in [0.1, 0.15) is 0 Å².